The van der Waals surface area contributed by atoms with Crippen molar-refractivity contribution in [3.05, 3.63) is 77.6 Å². The van der Waals surface area contributed by atoms with Crippen LogP contribution < -0.4 is 10.5 Å². The van der Waals surface area contributed by atoms with Gasteiger partial charge in [-0.2, -0.15) is 0 Å². The number of nitrogens with two attached hydrogens (primary N) is 1. The molecule has 0 fully saturated rings. The Bertz CT molecular complexity index is 1520. The summed E-state index contributed by atoms with van der Waals surface area (Å²) in [7, 11) is -4.14. The quantitative estimate of drug-likeness (QED) is 0.388. The van der Waals surface area contributed by atoms with Gasteiger partial charge in [0, 0.05) is 11.3 Å². The van der Waals surface area contributed by atoms with Crippen LogP contribution in [0.5, 0.6) is 0 Å². The highest BCUT2D eigenvalue weighted by Crippen LogP contribution is 2.31. The van der Waals surface area contributed by atoms with E-state index in [0.717, 1.165) is 44.6 Å². The van der Waals surface area contributed by atoms with Crippen molar-refractivity contribution in [2.75, 3.05) is 11.9 Å². The smallest absolute Gasteiger partial charge is 0.341 e. The summed E-state index contributed by atoms with van der Waals surface area (Å²) in [6, 6.07) is 15.5. The average molecular weight is 500 g/mol. The molecule has 174 valence electrons. The van der Waals surface area contributed by atoms with Gasteiger partial charge in [0.05, 0.1) is 20.7 Å². The molecule has 11 heteroatoms. The van der Waals surface area contributed by atoms with Crippen molar-refractivity contribution in [3.63, 3.8) is 0 Å². The van der Waals surface area contributed by atoms with Crippen LogP contribution in [0, 0.1) is 12.7 Å². The lowest BCUT2D eigenvalue weighted by Gasteiger charge is -2.08. The Morgan fingerprint density at radius 1 is 1.09 bits per heavy atom. The van der Waals surface area contributed by atoms with E-state index in [4.69, 9.17) is 9.88 Å². The lowest BCUT2D eigenvalue weighted by Crippen LogP contribution is -2.21. The average Bonchev–Trinajstić information content (AvgIpc) is 3.20. The molecule has 0 aliphatic heterocycles. The minimum absolute atomic E-state index is 0.450. The number of carbonyl (C=O) groups excluding carboxylic acids is 2. The second-order valence-electron chi connectivity index (χ2n) is 7.38. The molecule has 1 heterocycles. The topological polar surface area (TPSA) is 128 Å². The fourth-order valence-electron chi connectivity index (χ4n) is 3.10. The van der Waals surface area contributed by atoms with E-state index < -0.39 is 44.8 Å². The summed E-state index contributed by atoms with van der Waals surface area (Å²) >= 11 is 1.57. The summed E-state index contributed by atoms with van der Waals surface area (Å²) < 4.78 is 42.6. The van der Waals surface area contributed by atoms with Crippen LogP contribution >= 0.6 is 11.3 Å². The molecule has 4 rings (SSSR count). The monoisotopic (exact) mass is 499 g/mol. The van der Waals surface area contributed by atoms with Crippen molar-refractivity contribution >= 4 is 49.1 Å². The van der Waals surface area contributed by atoms with E-state index in [2.05, 4.69) is 16.4 Å². The fraction of sp³-hybridized carbons (Fsp3) is 0.0870. The van der Waals surface area contributed by atoms with Crippen LogP contribution in [-0.4, -0.2) is 31.9 Å². The largest absolute Gasteiger partial charge is 0.452 e. The summed E-state index contributed by atoms with van der Waals surface area (Å²) in [6.45, 7) is 1.32. The Kier molecular flexibility index (Phi) is 6.42. The number of benzene rings is 3. The molecule has 34 heavy (non-hydrogen) atoms. The lowest BCUT2D eigenvalue weighted by molar-refractivity contribution is -0.119. The minimum atomic E-state index is -4.14. The second kappa shape index (κ2) is 9.29. The molecule has 0 saturated carbocycles. The first-order valence-electron chi connectivity index (χ1n) is 9.87. The number of hydrogen-bond donors (Lipinski definition) is 2. The number of ether oxygens (including phenoxy) is 1. The number of thiazole rings is 1. The predicted octanol–water partition coefficient (Wildman–Crippen LogP) is 3.85. The third-order valence-electron chi connectivity index (χ3n) is 4.78. The molecule has 8 nitrogen and oxygen atoms in total. The van der Waals surface area contributed by atoms with Gasteiger partial charge in [-0.15, -0.1) is 11.3 Å². The normalized spacial score (nSPS) is 11.4. The second-order valence-corrected chi connectivity index (χ2v) is 9.97. The first-order valence-corrected chi connectivity index (χ1v) is 12.2. The zero-order valence-corrected chi connectivity index (χ0v) is 19.4. The number of nitrogens with one attached hydrogen (secondary N) is 1. The van der Waals surface area contributed by atoms with Gasteiger partial charge < -0.3 is 10.1 Å². The number of hydrogen-bond acceptors (Lipinski definition) is 7. The number of fused-ring (bicyclic) bond motifs is 1. The summed E-state index contributed by atoms with van der Waals surface area (Å²) in [4.78, 5) is 28.4. The first kappa shape index (κ1) is 23.5. The van der Waals surface area contributed by atoms with Gasteiger partial charge in [-0.1, -0.05) is 6.07 Å². The maximum Gasteiger partial charge on any atom is 0.341 e. The molecule has 0 saturated heterocycles. The van der Waals surface area contributed by atoms with Crippen molar-refractivity contribution in [3.8, 4) is 10.6 Å². The first-order chi connectivity index (χ1) is 16.1. The van der Waals surface area contributed by atoms with Crippen molar-refractivity contribution in [2.24, 2.45) is 5.14 Å². The third-order valence-corrected chi connectivity index (χ3v) is 6.76. The number of anilines is 1. The molecule has 3 aromatic carbocycles. The van der Waals surface area contributed by atoms with Gasteiger partial charge in [-0.05, 0) is 67.1 Å². The molecule has 0 bridgehead atoms. The van der Waals surface area contributed by atoms with Crippen LogP contribution in [0.2, 0.25) is 0 Å². The number of aromatic nitrogens is 1. The Labute approximate surface area is 198 Å². The molecule has 0 atom stereocenters. The van der Waals surface area contributed by atoms with Gasteiger partial charge in [0.2, 0.25) is 10.0 Å². The molecule has 0 radical (unpaired) electrons. The van der Waals surface area contributed by atoms with E-state index in [0.29, 0.717) is 5.69 Å². The lowest BCUT2D eigenvalue weighted by atomic mass is 10.2. The van der Waals surface area contributed by atoms with E-state index in [1.165, 1.54) is 0 Å². The molecule has 3 N–H and O–H groups in total. The summed E-state index contributed by atoms with van der Waals surface area (Å²) in [5, 5.41) is 8.40. The van der Waals surface area contributed by atoms with Crippen LogP contribution in [0.4, 0.5) is 10.1 Å². The summed E-state index contributed by atoms with van der Waals surface area (Å²) in [5.41, 5.74) is 2.77. The van der Waals surface area contributed by atoms with Crippen LogP contribution in [0.25, 0.3) is 20.8 Å². The van der Waals surface area contributed by atoms with Gasteiger partial charge in [-0.3, -0.25) is 4.79 Å². The highest BCUT2D eigenvalue weighted by Gasteiger charge is 2.19. The molecular formula is C23H18FN3O5S2. The molecule has 0 aliphatic carbocycles. The van der Waals surface area contributed by atoms with E-state index in [9.17, 15) is 22.4 Å². The Balaban J connectivity index is 1.38. The molecule has 0 unspecified atom stereocenters. The molecule has 1 aromatic heterocycles. The van der Waals surface area contributed by atoms with Crippen molar-refractivity contribution in [1.82, 2.24) is 4.98 Å². The number of rotatable bonds is 6. The van der Waals surface area contributed by atoms with Crippen molar-refractivity contribution < 1.29 is 27.1 Å². The van der Waals surface area contributed by atoms with Crippen LogP contribution in [0.3, 0.4) is 0 Å². The molecule has 0 spiro atoms. The SMILES string of the molecule is Cc1ccc2nc(-c3ccc(NC(=O)COC(=O)c4cc(S(N)(=O)=O)ccc4F)cc3)sc2c1. The maximum absolute atomic E-state index is 13.9. The number of nitrogens with zero attached hydrogens (tertiary/aromatic N) is 1. The number of carbonyl (C=O) groups is 2. The molecule has 0 aliphatic rings. The highest BCUT2D eigenvalue weighted by atomic mass is 32.2. The Hall–Kier alpha value is -3.67. The zero-order valence-electron chi connectivity index (χ0n) is 17.7. The third kappa shape index (κ3) is 5.28. The minimum Gasteiger partial charge on any atom is -0.452 e. The van der Waals surface area contributed by atoms with E-state index in [1.54, 1.807) is 35.6 Å². The van der Waals surface area contributed by atoms with E-state index in [1.807, 2.05) is 19.1 Å². The standard InChI is InChI=1S/C23H18FN3O5S2/c1-13-2-9-19-20(10-13)33-22(27-19)14-3-5-15(6-4-14)26-21(28)12-32-23(29)17-11-16(34(25,30)31)7-8-18(17)24/h2-11H,12H2,1H3,(H,26,28)(H2,25,30,31). The number of esters is 1. The van der Waals surface area contributed by atoms with Gasteiger partial charge in [-0.25, -0.2) is 27.7 Å². The van der Waals surface area contributed by atoms with Crippen LogP contribution in [0.1, 0.15) is 15.9 Å². The summed E-state index contributed by atoms with van der Waals surface area (Å²) in [6.07, 6.45) is 0. The van der Waals surface area contributed by atoms with Gasteiger partial charge >= 0.3 is 5.97 Å². The number of primary sulfonamides is 1. The Morgan fingerprint density at radius 3 is 2.53 bits per heavy atom. The number of halogens is 1. The van der Waals surface area contributed by atoms with Crippen molar-refractivity contribution in [1.29, 1.82) is 0 Å². The number of sulfonamides is 1. The predicted molar refractivity (Wildman–Crippen MR) is 126 cm³/mol. The highest BCUT2D eigenvalue weighted by molar-refractivity contribution is 7.89. The van der Waals surface area contributed by atoms with Crippen molar-refractivity contribution in [2.45, 2.75) is 11.8 Å². The van der Waals surface area contributed by atoms with Crippen LogP contribution in [-0.2, 0) is 19.6 Å². The summed E-state index contributed by atoms with van der Waals surface area (Å²) in [5.74, 6) is -2.85. The van der Waals surface area contributed by atoms with E-state index >= 15 is 0 Å². The fourth-order valence-corrected chi connectivity index (χ4v) is 4.70. The van der Waals surface area contributed by atoms with Gasteiger partial charge in [0.25, 0.3) is 5.91 Å². The number of amides is 1. The van der Waals surface area contributed by atoms with Crippen LogP contribution in [0.15, 0.2) is 65.6 Å². The number of aryl methyl sites for hydroxylation is 1. The molecule has 1 amide bonds. The maximum atomic E-state index is 13.9. The molecular weight excluding hydrogens is 481 g/mol. The van der Waals surface area contributed by atoms with Gasteiger partial charge in [0.15, 0.2) is 6.61 Å². The molecule has 4 aromatic rings. The zero-order chi connectivity index (χ0) is 24.5. The van der Waals surface area contributed by atoms with Gasteiger partial charge in [0.1, 0.15) is 10.8 Å². The Morgan fingerprint density at radius 2 is 1.82 bits per heavy atom. The van der Waals surface area contributed by atoms with E-state index in [-0.39, 0.29) is 0 Å².